The van der Waals surface area contributed by atoms with Gasteiger partial charge in [0.15, 0.2) is 0 Å². The van der Waals surface area contributed by atoms with Crippen molar-refractivity contribution in [3.05, 3.63) is 125 Å². The maximum Gasteiger partial charge on any atom is 0.295 e. The lowest BCUT2D eigenvalue weighted by molar-refractivity contribution is -0.140. The van der Waals surface area contributed by atoms with Gasteiger partial charge in [0, 0.05) is 24.5 Å². The van der Waals surface area contributed by atoms with E-state index in [1.54, 1.807) is 36.7 Å². The van der Waals surface area contributed by atoms with Crippen molar-refractivity contribution in [1.82, 2.24) is 9.88 Å². The lowest BCUT2D eigenvalue weighted by Gasteiger charge is -2.26. The summed E-state index contributed by atoms with van der Waals surface area (Å²) in [5.41, 5.74) is 2.76. The Bertz CT molecular complexity index is 1580. The second-order valence-corrected chi connectivity index (χ2v) is 10.1. The molecule has 1 amide bonds. The summed E-state index contributed by atoms with van der Waals surface area (Å²) in [7, 11) is 0. The van der Waals surface area contributed by atoms with Gasteiger partial charge in [0.2, 0.25) is 0 Å². The summed E-state index contributed by atoms with van der Waals surface area (Å²) in [5, 5.41) is 11.7. The first-order valence-electron chi connectivity index (χ1n) is 13.6. The number of aromatic nitrogens is 1. The van der Waals surface area contributed by atoms with Crippen molar-refractivity contribution in [2.45, 2.75) is 39.3 Å². The van der Waals surface area contributed by atoms with E-state index < -0.39 is 17.7 Å². The lowest BCUT2D eigenvalue weighted by atomic mass is 9.93. The van der Waals surface area contributed by atoms with E-state index in [4.69, 9.17) is 9.47 Å². The van der Waals surface area contributed by atoms with Crippen LogP contribution in [0.25, 0.3) is 5.76 Å². The number of likely N-dealkylation sites (tertiary alicyclic amines) is 1. The molecule has 7 heteroatoms. The number of carbonyl (C=O) groups excluding carboxylic acids is 2. The number of para-hydroxylation sites is 1. The number of ether oxygens (including phenoxy) is 2. The normalized spacial score (nSPS) is 16.3. The van der Waals surface area contributed by atoms with Crippen LogP contribution in [0.5, 0.6) is 17.2 Å². The molecule has 1 unspecified atom stereocenters. The molecular formula is C34H32N2O5. The zero-order chi connectivity index (χ0) is 28.9. The van der Waals surface area contributed by atoms with Crippen LogP contribution in [0.1, 0.15) is 55.0 Å². The number of ketones is 1. The van der Waals surface area contributed by atoms with E-state index in [0.717, 1.165) is 16.9 Å². The molecule has 5 rings (SSSR count). The third kappa shape index (κ3) is 5.84. The molecule has 4 aromatic rings. The van der Waals surface area contributed by atoms with E-state index in [1.807, 2.05) is 81.4 Å². The molecule has 0 radical (unpaired) electrons. The highest BCUT2D eigenvalue weighted by Crippen LogP contribution is 2.42. The number of aliphatic hydroxyl groups is 1. The van der Waals surface area contributed by atoms with Gasteiger partial charge >= 0.3 is 0 Å². The van der Waals surface area contributed by atoms with Crippen LogP contribution in [0.2, 0.25) is 0 Å². The van der Waals surface area contributed by atoms with Crippen LogP contribution in [0.15, 0.2) is 103 Å². The van der Waals surface area contributed by atoms with E-state index in [2.05, 4.69) is 4.98 Å². The zero-order valence-corrected chi connectivity index (χ0v) is 23.3. The molecule has 1 atom stereocenters. The molecule has 208 valence electrons. The number of aliphatic hydroxyl groups excluding tert-OH is 1. The number of carbonyl (C=O) groups is 2. The third-order valence-corrected chi connectivity index (χ3v) is 6.97. The summed E-state index contributed by atoms with van der Waals surface area (Å²) < 4.78 is 11.8. The zero-order valence-electron chi connectivity index (χ0n) is 23.3. The fourth-order valence-corrected chi connectivity index (χ4v) is 5.04. The Morgan fingerprint density at radius 2 is 1.73 bits per heavy atom. The Balaban J connectivity index is 1.63. The minimum Gasteiger partial charge on any atom is -0.507 e. The van der Waals surface area contributed by atoms with Crippen LogP contribution in [-0.4, -0.2) is 33.3 Å². The predicted molar refractivity (Wildman–Crippen MR) is 157 cm³/mol. The van der Waals surface area contributed by atoms with Gasteiger partial charge < -0.3 is 19.5 Å². The van der Waals surface area contributed by atoms with Crippen molar-refractivity contribution < 1.29 is 24.2 Å². The van der Waals surface area contributed by atoms with Gasteiger partial charge in [-0.15, -0.1) is 0 Å². The van der Waals surface area contributed by atoms with Gasteiger partial charge in [0.1, 0.15) is 23.0 Å². The van der Waals surface area contributed by atoms with Crippen LogP contribution in [0, 0.1) is 0 Å². The number of nitrogens with zero attached hydrogens (tertiary/aromatic N) is 2. The van der Waals surface area contributed by atoms with E-state index in [0.29, 0.717) is 29.2 Å². The number of pyridine rings is 1. The molecule has 2 heterocycles. The molecular weight excluding hydrogens is 516 g/mol. The Labute approximate surface area is 239 Å². The largest absolute Gasteiger partial charge is 0.507 e. The lowest BCUT2D eigenvalue weighted by Crippen LogP contribution is -2.29. The third-order valence-electron chi connectivity index (χ3n) is 6.97. The fourth-order valence-electron chi connectivity index (χ4n) is 5.04. The van der Waals surface area contributed by atoms with Crippen LogP contribution in [-0.2, 0) is 16.1 Å². The molecule has 3 aromatic carbocycles. The van der Waals surface area contributed by atoms with Crippen molar-refractivity contribution in [3.63, 3.8) is 0 Å². The van der Waals surface area contributed by atoms with Gasteiger partial charge in [0.05, 0.1) is 18.2 Å². The average Bonchev–Trinajstić information content (AvgIpc) is 3.23. The van der Waals surface area contributed by atoms with E-state index >= 15 is 0 Å². The van der Waals surface area contributed by atoms with Gasteiger partial charge in [-0.2, -0.15) is 0 Å². The van der Waals surface area contributed by atoms with Crippen molar-refractivity contribution in [1.29, 1.82) is 0 Å². The average molecular weight is 549 g/mol. The molecule has 0 spiro atoms. The monoisotopic (exact) mass is 548 g/mol. The number of hydrogen-bond donors (Lipinski definition) is 1. The summed E-state index contributed by atoms with van der Waals surface area (Å²) in [6.07, 6.45) is 3.31. The Kier molecular flexibility index (Phi) is 8.15. The van der Waals surface area contributed by atoms with Crippen LogP contribution < -0.4 is 9.47 Å². The van der Waals surface area contributed by atoms with Crippen LogP contribution >= 0.6 is 0 Å². The first kappa shape index (κ1) is 27.6. The second kappa shape index (κ2) is 12.1. The van der Waals surface area contributed by atoms with Crippen LogP contribution in [0.3, 0.4) is 0 Å². The molecule has 0 saturated carbocycles. The van der Waals surface area contributed by atoms with Gasteiger partial charge in [-0.3, -0.25) is 14.6 Å². The molecule has 0 aliphatic carbocycles. The molecule has 1 N–H and O–H groups in total. The fraction of sp³-hybridized carbons (Fsp3) is 0.206. The van der Waals surface area contributed by atoms with Crippen molar-refractivity contribution in [2.24, 2.45) is 0 Å². The van der Waals surface area contributed by atoms with Gasteiger partial charge in [-0.25, -0.2) is 0 Å². The molecule has 1 aromatic heterocycles. The molecule has 1 aliphatic rings. The van der Waals surface area contributed by atoms with Crippen molar-refractivity contribution in [2.75, 3.05) is 6.61 Å². The summed E-state index contributed by atoms with van der Waals surface area (Å²) in [4.78, 5) is 32.7. The highest BCUT2D eigenvalue weighted by molar-refractivity contribution is 6.46. The number of Topliss-reactive ketones (excluding diaryl/α,β-unsaturated/α-hetero) is 1. The SMILES string of the molecule is CCOc1ccc(/C(O)=C2\C(=O)C(=O)N(Cc3cccnc3)C2c2cccc(Oc3ccccc3)c2)cc1C(C)C. The van der Waals surface area contributed by atoms with Crippen molar-refractivity contribution >= 4 is 17.4 Å². The second-order valence-electron chi connectivity index (χ2n) is 10.1. The topological polar surface area (TPSA) is 89.0 Å². The molecule has 0 bridgehead atoms. The molecule has 41 heavy (non-hydrogen) atoms. The van der Waals surface area contributed by atoms with Crippen molar-refractivity contribution in [3.8, 4) is 17.2 Å². The smallest absolute Gasteiger partial charge is 0.295 e. The van der Waals surface area contributed by atoms with E-state index in [9.17, 15) is 14.7 Å². The summed E-state index contributed by atoms with van der Waals surface area (Å²) >= 11 is 0. The standard InChI is InChI=1S/C34H32N2O5/c1-4-40-29-16-15-25(19-28(29)22(2)3)32(37)30-31(36(34(39)33(30)38)21-23-10-9-17-35-20-23)24-11-8-14-27(18-24)41-26-12-6-5-7-13-26/h5-20,22,31,37H,4,21H2,1-3H3/b32-30+. The van der Waals surface area contributed by atoms with Gasteiger partial charge in [0.25, 0.3) is 11.7 Å². The summed E-state index contributed by atoms with van der Waals surface area (Å²) in [5.74, 6) is 0.365. The number of benzene rings is 3. The highest BCUT2D eigenvalue weighted by atomic mass is 16.5. The highest BCUT2D eigenvalue weighted by Gasteiger charge is 2.46. The molecule has 1 aliphatic heterocycles. The maximum atomic E-state index is 13.6. The maximum absolute atomic E-state index is 13.6. The first-order chi connectivity index (χ1) is 19.9. The Hall–Kier alpha value is -4.91. The number of rotatable bonds is 9. The van der Waals surface area contributed by atoms with E-state index in [-0.39, 0.29) is 23.8 Å². The van der Waals surface area contributed by atoms with Gasteiger partial charge in [-0.1, -0.05) is 50.2 Å². The molecule has 7 nitrogen and oxygen atoms in total. The summed E-state index contributed by atoms with van der Waals surface area (Å²) in [6.45, 7) is 6.63. The number of hydrogen-bond acceptors (Lipinski definition) is 6. The van der Waals surface area contributed by atoms with E-state index in [1.165, 1.54) is 4.90 Å². The summed E-state index contributed by atoms with van der Waals surface area (Å²) in [6, 6.07) is 24.7. The van der Waals surface area contributed by atoms with Gasteiger partial charge in [-0.05, 0) is 78.1 Å². The quantitative estimate of drug-likeness (QED) is 0.137. The molecule has 1 fully saturated rings. The Morgan fingerprint density at radius 1 is 0.951 bits per heavy atom. The molecule has 1 saturated heterocycles. The predicted octanol–water partition coefficient (Wildman–Crippen LogP) is 7.02. The number of amides is 1. The minimum atomic E-state index is -0.844. The first-order valence-corrected chi connectivity index (χ1v) is 13.6. The Morgan fingerprint density at radius 3 is 2.44 bits per heavy atom. The minimum absolute atomic E-state index is 0.0228. The van der Waals surface area contributed by atoms with Crippen LogP contribution in [0.4, 0.5) is 0 Å².